The number of rotatable bonds is 2. The number of hydrogen-bond acceptors (Lipinski definition) is 5. The number of fused-ring (bicyclic) bond motifs is 1. The summed E-state index contributed by atoms with van der Waals surface area (Å²) in [5.41, 5.74) is 2.84. The van der Waals surface area contributed by atoms with Crippen LogP contribution in [0.1, 0.15) is 36.9 Å². The Labute approximate surface area is 153 Å². The predicted molar refractivity (Wildman–Crippen MR) is 101 cm³/mol. The standard InChI is InChI=1S/C19H26N6O/c1-13-11-14(2)22-17-16(13)18(21-12-20-17)23-15-5-9-25(10-6-15)19(26)24-7-3-4-8-24/h11-12,15H,3-10H2,1-2H3,(H,20,21,22,23). The van der Waals surface area contributed by atoms with E-state index in [0.29, 0.717) is 6.04 Å². The second-order valence-electron chi connectivity index (χ2n) is 7.38. The molecule has 0 saturated carbocycles. The number of piperidine rings is 1. The van der Waals surface area contributed by atoms with Gasteiger partial charge >= 0.3 is 6.03 Å². The Kier molecular flexibility index (Phi) is 4.61. The summed E-state index contributed by atoms with van der Waals surface area (Å²) >= 11 is 0. The van der Waals surface area contributed by atoms with Gasteiger partial charge in [-0.1, -0.05) is 0 Å². The lowest BCUT2D eigenvalue weighted by Gasteiger charge is -2.35. The topological polar surface area (TPSA) is 74.2 Å². The highest BCUT2D eigenvalue weighted by Gasteiger charge is 2.28. The molecule has 0 aliphatic carbocycles. The molecule has 138 valence electrons. The largest absolute Gasteiger partial charge is 0.367 e. The summed E-state index contributed by atoms with van der Waals surface area (Å²) in [7, 11) is 0. The number of nitrogens with zero attached hydrogens (tertiary/aromatic N) is 5. The average Bonchev–Trinajstić information content (AvgIpc) is 3.16. The molecule has 2 aliphatic heterocycles. The van der Waals surface area contributed by atoms with Gasteiger partial charge in [0.1, 0.15) is 12.1 Å². The molecule has 4 rings (SSSR count). The van der Waals surface area contributed by atoms with Crippen molar-refractivity contribution in [2.24, 2.45) is 0 Å². The highest BCUT2D eigenvalue weighted by Crippen LogP contribution is 2.25. The summed E-state index contributed by atoms with van der Waals surface area (Å²) in [6, 6.07) is 2.59. The highest BCUT2D eigenvalue weighted by atomic mass is 16.2. The molecule has 0 spiro atoms. The molecule has 1 N–H and O–H groups in total. The molecule has 2 amide bonds. The fourth-order valence-corrected chi connectivity index (χ4v) is 4.04. The zero-order valence-electron chi connectivity index (χ0n) is 15.5. The Morgan fingerprint density at radius 2 is 1.77 bits per heavy atom. The van der Waals surface area contributed by atoms with Crippen LogP contribution in [-0.2, 0) is 0 Å². The zero-order chi connectivity index (χ0) is 18.1. The summed E-state index contributed by atoms with van der Waals surface area (Å²) in [4.78, 5) is 29.8. The van der Waals surface area contributed by atoms with Crippen molar-refractivity contribution < 1.29 is 4.79 Å². The number of hydrogen-bond donors (Lipinski definition) is 1. The molecule has 4 heterocycles. The number of anilines is 1. The predicted octanol–water partition coefficient (Wildman–Crippen LogP) is 2.73. The van der Waals surface area contributed by atoms with Gasteiger partial charge in [0.15, 0.2) is 5.65 Å². The van der Waals surface area contributed by atoms with E-state index in [1.807, 2.05) is 16.7 Å². The van der Waals surface area contributed by atoms with Crippen molar-refractivity contribution in [3.05, 3.63) is 23.7 Å². The molecule has 2 aromatic heterocycles. The van der Waals surface area contributed by atoms with Crippen LogP contribution in [0.4, 0.5) is 10.6 Å². The van der Waals surface area contributed by atoms with E-state index in [-0.39, 0.29) is 6.03 Å². The third kappa shape index (κ3) is 3.30. The summed E-state index contributed by atoms with van der Waals surface area (Å²) in [5.74, 6) is 0.851. The van der Waals surface area contributed by atoms with Crippen LogP contribution >= 0.6 is 0 Å². The maximum atomic E-state index is 12.5. The first-order chi connectivity index (χ1) is 12.6. The monoisotopic (exact) mass is 354 g/mol. The van der Waals surface area contributed by atoms with Crippen molar-refractivity contribution in [3.63, 3.8) is 0 Å². The van der Waals surface area contributed by atoms with Crippen LogP contribution in [0.2, 0.25) is 0 Å². The van der Waals surface area contributed by atoms with E-state index in [9.17, 15) is 4.79 Å². The van der Waals surface area contributed by atoms with E-state index < -0.39 is 0 Å². The lowest BCUT2D eigenvalue weighted by atomic mass is 10.0. The van der Waals surface area contributed by atoms with E-state index in [4.69, 9.17) is 0 Å². The molecule has 0 radical (unpaired) electrons. The van der Waals surface area contributed by atoms with Crippen molar-refractivity contribution >= 4 is 22.9 Å². The Morgan fingerprint density at radius 1 is 1.08 bits per heavy atom. The summed E-state index contributed by atoms with van der Waals surface area (Å²) in [5, 5.41) is 4.56. The van der Waals surface area contributed by atoms with Crippen LogP contribution in [0.5, 0.6) is 0 Å². The molecule has 7 heteroatoms. The van der Waals surface area contributed by atoms with Gasteiger partial charge in [0.05, 0.1) is 5.39 Å². The number of carbonyl (C=O) groups excluding carboxylic acids is 1. The SMILES string of the molecule is Cc1cc(C)c2c(NC3CCN(C(=O)N4CCCC4)CC3)ncnc2n1. The van der Waals surface area contributed by atoms with Gasteiger partial charge in [0.25, 0.3) is 0 Å². The Bertz CT molecular complexity index is 809. The van der Waals surface area contributed by atoms with Crippen LogP contribution in [-0.4, -0.2) is 63.0 Å². The first-order valence-corrected chi connectivity index (χ1v) is 9.51. The molecule has 2 saturated heterocycles. The van der Waals surface area contributed by atoms with Crippen LogP contribution in [0.25, 0.3) is 11.0 Å². The van der Waals surface area contributed by atoms with Gasteiger partial charge in [-0.3, -0.25) is 0 Å². The van der Waals surface area contributed by atoms with Gasteiger partial charge < -0.3 is 15.1 Å². The molecule has 0 aromatic carbocycles. The van der Waals surface area contributed by atoms with E-state index in [0.717, 1.165) is 80.0 Å². The fourth-order valence-electron chi connectivity index (χ4n) is 4.04. The third-order valence-corrected chi connectivity index (χ3v) is 5.41. The lowest BCUT2D eigenvalue weighted by Crippen LogP contribution is -2.47. The van der Waals surface area contributed by atoms with Crippen LogP contribution in [0, 0.1) is 13.8 Å². The van der Waals surface area contributed by atoms with Crippen molar-refractivity contribution in [3.8, 4) is 0 Å². The smallest absolute Gasteiger partial charge is 0.319 e. The average molecular weight is 354 g/mol. The van der Waals surface area contributed by atoms with Crippen molar-refractivity contribution in [2.45, 2.75) is 45.6 Å². The normalized spacial score (nSPS) is 18.5. The van der Waals surface area contributed by atoms with Gasteiger partial charge in [-0.15, -0.1) is 0 Å². The van der Waals surface area contributed by atoms with Crippen LogP contribution in [0.15, 0.2) is 12.4 Å². The van der Waals surface area contributed by atoms with Gasteiger partial charge in [-0.2, -0.15) is 0 Å². The van der Waals surface area contributed by atoms with Gasteiger partial charge in [0.2, 0.25) is 0 Å². The quantitative estimate of drug-likeness (QED) is 0.898. The van der Waals surface area contributed by atoms with Gasteiger partial charge in [0, 0.05) is 37.9 Å². The molecule has 2 aromatic rings. The van der Waals surface area contributed by atoms with Crippen molar-refractivity contribution in [2.75, 3.05) is 31.5 Å². The molecule has 26 heavy (non-hydrogen) atoms. The minimum absolute atomic E-state index is 0.212. The molecular weight excluding hydrogens is 328 g/mol. The Morgan fingerprint density at radius 3 is 2.50 bits per heavy atom. The first kappa shape index (κ1) is 17.0. The second-order valence-corrected chi connectivity index (χ2v) is 7.38. The Balaban J connectivity index is 1.43. The third-order valence-electron chi connectivity index (χ3n) is 5.41. The second kappa shape index (κ2) is 7.05. The number of likely N-dealkylation sites (tertiary alicyclic amines) is 2. The Hall–Kier alpha value is -2.44. The number of aryl methyl sites for hydroxylation is 2. The number of amides is 2. The summed E-state index contributed by atoms with van der Waals surface area (Å²) in [6.45, 7) is 7.47. The lowest BCUT2D eigenvalue weighted by molar-refractivity contribution is 0.150. The number of carbonyl (C=O) groups is 1. The van der Waals surface area contributed by atoms with Crippen LogP contribution in [0.3, 0.4) is 0 Å². The number of urea groups is 1. The molecule has 0 unspecified atom stereocenters. The molecule has 0 atom stereocenters. The minimum Gasteiger partial charge on any atom is -0.367 e. The fraction of sp³-hybridized carbons (Fsp3) is 0.579. The van der Waals surface area contributed by atoms with E-state index in [1.54, 1.807) is 6.33 Å². The minimum atomic E-state index is 0.212. The van der Waals surface area contributed by atoms with Gasteiger partial charge in [-0.05, 0) is 51.2 Å². The highest BCUT2D eigenvalue weighted by molar-refractivity contribution is 5.89. The molecular formula is C19H26N6O. The van der Waals surface area contributed by atoms with Crippen LogP contribution < -0.4 is 5.32 Å². The molecule has 7 nitrogen and oxygen atoms in total. The summed E-state index contributed by atoms with van der Waals surface area (Å²) < 4.78 is 0. The first-order valence-electron chi connectivity index (χ1n) is 9.51. The maximum Gasteiger partial charge on any atom is 0.319 e. The summed E-state index contributed by atoms with van der Waals surface area (Å²) in [6.07, 6.45) is 5.71. The maximum absolute atomic E-state index is 12.5. The van der Waals surface area contributed by atoms with E-state index >= 15 is 0 Å². The molecule has 2 fully saturated rings. The van der Waals surface area contributed by atoms with E-state index in [2.05, 4.69) is 33.3 Å². The zero-order valence-corrected chi connectivity index (χ0v) is 15.5. The number of pyridine rings is 1. The number of nitrogens with one attached hydrogen (secondary N) is 1. The van der Waals surface area contributed by atoms with E-state index in [1.165, 1.54) is 0 Å². The van der Waals surface area contributed by atoms with Gasteiger partial charge in [-0.25, -0.2) is 19.7 Å². The molecule has 0 bridgehead atoms. The van der Waals surface area contributed by atoms with Crippen molar-refractivity contribution in [1.29, 1.82) is 0 Å². The number of aromatic nitrogens is 3. The van der Waals surface area contributed by atoms with Crippen molar-refractivity contribution in [1.82, 2.24) is 24.8 Å². The molecule has 2 aliphatic rings.